The van der Waals surface area contributed by atoms with Gasteiger partial charge in [-0.15, -0.1) is 0 Å². The molecule has 0 bridgehead atoms. The summed E-state index contributed by atoms with van der Waals surface area (Å²) < 4.78 is 0. The van der Waals surface area contributed by atoms with Crippen LogP contribution >= 0.6 is 0 Å². The van der Waals surface area contributed by atoms with Gasteiger partial charge < -0.3 is 20.4 Å². The van der Waals surface area contributed by atoms with Gasteiger partial charge in [-0.2, -0.15) is 0 Å². The zero-order valence-corrected chi connectivity index (χ0v) is 11.2. The first kappa shape index (κ1) is 12.8. The molecule has 2 aromatic carbocycles. The molecule has 3 rings (SSSR count). The van der Waals surface area contributed by atoms with E-state index in [1.807, 2.05) is 12.1 Å². The summed E-state index contributed by atoms with van der Waals surface area (Å²) in [6.45, 7) is 3.30. The largest absolute Gasteiger partial charge is 0.508 e. The highest BCUT2D eigenvalue weighted by molar-refractivity contribution is 5.55. The lowest BCUT2D eigenvalue weighted by molar-refractivity contribution is 0.445. The zero-order valence-electron chi connectivity index (χ0n) is 11.2. The minimum atomic E-state index is 0.0872. The summed E-state index contributed by atoms with van der Waals surface area (Å²) in [5.74, 6) is 0.226. The van der Waals surface area contributed by atoms with Crippen LogP contribution in [0.25, 0.3) is 0 Å². The molecule has 0 fully saturated rings. The quantitative estimate of drug-likeness (QED) is 0.783. The molecule has 1 aliphatic heterocycles. The lowest BCUT2D eigenvalue weighted by atomic mass is 10.1. The van der Waals surface area contributed by atoms with Gasteiger partial charge in [-0.3, -0.25) is 0 Å². The lowest BCUT2D eigenvalue weighted by Gasteiger charge is -2.25. The number of nitrogens with one attached hydrogen (secondary N) is 1. The van der Waals surface area contributed by atoms with Crippen molar-refractivity contribution in [1.29, 1.82) is 0 Å². The molecule has 3 N–H and O–H groups in total. The number of phenolic OH excluding ortho intramolecular Hbond substituents is 2. The second-order valence-corrected chi connectivity index (χ2v) is 5.04. The molecular weight excluding hydrogens is 252 g/mol. The Kier molecular flexibility index (Phi) is 3.48. The molecule has 1 heterocycles. The summed E-state index contributed by atoms with van der Waals surface area (Å²) in [6.07, 6.45) is 0. The summed E-state index contributed by atoms with van der Waals surface area (Å²) in [7, 11) is 0. The van der Waals surface area contributed by atoms with Gasteiger partial charge in [0.2, 0.25) is 0 Å². The molecular formula is C16H18N2O2. The van der Waals surface area contributed by atoms with Crippen LogP contribution in [-0.2, 0) is 13.1 Å². The summed E-state index contributed by atoms with van der Waals surface area (Å²) in [5, 5.41) is 22.7. The van der Waals surface area contributed by atoms with E-state index >= 15 is 0 Å². The van der Waals surface area contributed by atoms with Gasteiger partial charge in [-0.25, -0.2) is 0 Å². The highest BCUT2D eigenvalue weighted by atomic mass is 16.3. The van der Waals surface area contributed by atoms with E-state index in [1.54, 1.807) is 12.1 Å². The molecule has 0 saturated heterocycles. The number of para-hydroxylation sites is 1. The van der Waals surface area contributed by atoms with Gasteiger partial charge in [-0.05, 0) is 23.8 Å². The minimum absolute atomic E-state index is 0.0872. The van der Waals surface area contributed by atoms with Crippen molar-refractivity contribution in [2.75, 3.05) is 18.0 Å². The van der Waals surface area contributed by atoms with E-state index in [2.05, 4.69) is 22.3 Å². The average Bonchev–Trinajstić information content (AvgIpc) is 2.65. The normalized spacial score (nSPS) is 14.7. The van der Waals surface area contributed by atoms with Crippen LogP contribution in [0.3, 0.4) is 0 Å². The topological polar surface area (TPSA) is 55.7 Å². The molecule has 0 atom stereocenters. The van der Waals surface area contributed by atoms with Gasteiger partial charge in [0.05, 0.1) is 0 Å². The van der Waals surface area contributed by atoms with E-state index in [-0.39, 0.29) is 11.5 Å². The highest BCUT2D eigenvalue weighted by Crippen LogP contribution is 2.28. The molecule has 0 unspecified atom stereocenters. The van der Waals surface area contributed by atoms with Crippen LogP contribution in [0.4, 0.5) is 5.69 Å². The van der Waals surface area contributed by atoms with Gasteiger partial charge in [0.25, 0.3) is 0 Å². The molecule has 0 aromatic heterocycles. The maximum Gasteiger partial charge on any atom is 0.124 e. The number of phenols is 2. The second kappa shape index (κ2) is 5.43. The van der Waals surface area contributed by atoms with Crippen molar-refractivity contribution in [3.63, 3.8) is 0 Å². The fourth-order valence-corrected chi connectivity index (χ4v) is 2.58. The predicted octanol–water partition coefficient (Wildman–Crippen LogP) is 2.21. The van der Waals surface area contributed by atoms with E-state index in [1.165, 1.54) is 17.3 Å². The van der Waals surface area contributed by atoms with Crippen molar-refractivity contribution in [3.8, 4) is 11.5 Å². The van der Waals surface area contributed by atoms with Crippen LogP contribution in [0.2, 0.25) is 0 Å². The number of benzene rings is 2. The van der Waals surface area contributed by atoms with Crippen LogP contribution in [-0.4, -0.2) is 23.3 Å². The first-order chi connectivity index (χ1) is 9.74. The molecule has 0 amide bonds. The Hall–Kier alpha value is -2.20. The monoisotopic (exact) mass is 270 g/mol. The lowest BCUT2D eigenvalue weighted by Crippen LogP contribution is -2.28. The standard InChI is InChI=1S/C16H18N2O2/c19-14-6-5-13(16(20)9-14)11-18-8-7-17-10-12-3-1-2-4-15(12)18/h1-6,9,17,19-20H,7-8,10-11H2. The molecule has 20 heavy (non-hydrogen) atoms. The van der Waals surface area contributed by atoms with Crippen molar-refractivity contribution in [2.45, 2.75) is 13.1 Å². The smallest absolute Gasteiger partial charge is 0.124 e. The molecule has 0 saturated carbocycles. The number of fused-ring (bicyclic) bond motifs is 1. The molecule has 1 aliphatic rings. The Morgan fingerprint density at radius 1 is 1.10 bits per heavy atom. The van der Waals surface area contributed by atoms with Crippen LogP contribution < -0.4 is 10.2 Å². The van der Waals surface area contributed by atoms with Gasteiger partial charge in [-0.1, -0.05) is 18.2 Å². The summed E-state index contributed by atoms with van der Waals surface area (Å²) in [4.78, 5) is 2.25. The molecule has 0 aliphatic carbocycles. The van der Waals surface area contributed by atoms with Crippen molar-refractivity contribution >= 4 is 5.69 Å². The fraction of sp³-hybridized carbons (Fsp3) is 0.250. The van der Waals surface area contributed by atoms with Crippen molar-refractivity contribution < 1.29 is 10.2 Å². The van der Waals surface area contributed by atoms with Gasteiger partial charge >= 0.3 is 0 Å². The van der Waals surface area contributed by atoms with E-state index in [4.69, 9.17) is 0 Å². The van der Waals surface area contributed by atoms with E-state index in [9.17, 15) is 10.2 Å². The molecule has 0 radical (unpaired) electrons. The Morgan fingerprint density at radius 2 is 1.95 bits per heavy atom. The van der Waals surface area contributed by atoms with E-state index in [0.717, 1.165) is 25.2 Å². The number of nitrogens with zero attached hydrogens (tertiary/aromatic N) is 1. The maximum absolute atomic E-state index is 9.94. The van der Waals surface area contributed by atoms with Gasteiger partial charge in [0, 0.05) is 43.5 Å². The Morgan fingerprint density at radius 3 is 2.80 bits per heavy atom. The van der Waals surface area contributed by atoms with E-state index in [0.29, 0.717) is 6.54 Å². The number of aromatic hydroxyl groups is 2. The molecule has 2 aromatic rings. The third kappa shape index (κ3) is 2.56. The van der Waals surface area contributed by atoms with Gasteiger partial charge in [0.1, 0.15) is 11.5 Å². The third-order valence-corrected chi connectivity index (χ3v) is 3.64. The molecule has 4 heteroatoms. The SMILES string of the molecule is Oc1ccc(CN2CCNCc3ccccc32)c(O)c1. The summed E-state index contributed by atoms with van der Waals surface area (Å²) in [6, 6.07) is 13.1. The highest BCUT2D eigenvalue weighted by Gasteiger charge is 2.16. The third-order valence-electron chi connectivity index (χ3n) is 3.64. The van der Waals surface area contributed by atoms with Crippen LogP contribution in [0.1, 0.15) is 11.1 Å². The molecule has 0 spiro atoms. The number of anilines is 1. The number of hydrogen-bond donors (Lipinski definition) is 3. The van der Waals surface area contributed by atoms with Crippen molar-refractivity contribution in [3.05, 3.63) is 53.6 Å². The molecule has 104 valence electrons. The first-order valence-corrected chi connectivity index (χ1v) is 6.78. The number of hydrogen-bond acceptors (Lipinski definition) is 4. The Bertz CT molecular complexity index is 613. The van der Waals surface area contributed by atoms with Crippen LogP contribution in [0.15, 0.2) is 42.5 Å². The zero-order chi connectivity index (χ0) is 13.9. The van der Waals surface area contributed by atoms with Crippen molar-refractivity contribution in [2.24, 2.45) is 0 Å². The number of rotatable bonds is 2. The van der Waals surface area contributed by atoms with Crippen LogP contribution in [0.5, 0.6) is 11.5 Å². The minimum Gasteiger partial charge on any atom is -0.508 e. The Balaban J connectivity index is 1.90. The second-order valence-electron chi connectivity index (χ2n) is 5.04. The average molecular weight is 270 g/mol. The summed E-state index contributed by atoms with van der Waals surface area (Å²) >= 11 is 0. The fourth-order valence-electron chi connectivity index (χ4n) is 2.58. The first-order valence-electron chi connectivity index (χ1n) is 6.78. The molecule has 4 nitrogen and oxygen atoms in total. The summed E-state index contributed by atoms with van der Waals surface area (Å²) in [5.41, 5.74) is 3.28. The van der Waals surface area contributed by atoms with Crippen LogP contribution in [0, 0.1) is 0 Å². The van der Waals surface area contributed by atoms with E-state index < -0.39 is 0 Å². The Labute approximate surface area is 118 Å². The van der Waals surface area contributed by atoms with Crippen molar-refractivity contribution in [1.82, 2.24) is 5.32 Å². The maximum atomic E-state index is 9.94. The van der Waals surface area contributed by atoms with Gasteiger partial charge in [0.15, 0.2) is 0 Å². The predicted molar refractivity (Wildman–Crippen MR) is 79.0 cm³/mol.